The van der Waals surface area contributed by atoms with E-state index in [1.54, 1.807) is 13.3 Å². The standard InChI is InChI=1S/C21H22N4O2/c1-21(13-26)9-7-17-15(21)11-14(12-23-17)16-8-10-22-20(24-16)25-18-5-3-4-6-19(18)27-2/h3-6,8,10-12,26H,7,9,13H2,1-2H3,(H,22,24,25). The molecule has 3 aromatic rings. The van der Waals surface area contributed by atoms with E-state index in [0.717, 1.165) is 46.8 Å². The molecule has 6 nitrogen and oxygen atoms in total. The number of aliphatic hydroxyl groups excluding tert-OH is 1. The van der Waals surface area contributed by atoms with E-state index in [2.05, 4.69) is 33.3 Å². The summed E-state index contributed by atoms with van der Waals surface area (Å²) < 4.78 is 5.37. The Morgan fingerprint density at radius 2 is 2.07 bits per heavy atom. The number of aliphatic hydroxyl groups is 1. The monoisotopic (exact) mass is 362 g/mol. The van der Waals surface area contributed by atoms with Crippen molar-refractivity contribution < 1.29 is 9.84 Å². The number of aromatic nitrogens is 3. The number of anilines is 2. The molecule has 2 aromatic heterocycles. The first-order chi connectivity index (χ1) is 13.1. The van der Waals surface area contributed by atoms with Gasteiger partial charge in [0.05, 0.1) is 25.1 Å². The van der Waals surface area contributed by atoms with E-state index in [1.165, 1.54) is 0 Å². The highest BCUT2D eigenvalue weighted by atomic mass is 16.5. The van der Waals surface area contributed by atoms with Crippen LogP contribution >= 0.6 is 0 Å². The number of nitrogens with zero attached hydrogens (tertiary/aromatic N) is 3. The number of aryl methyl sites for hydroxylation is 1. The van der Waals surface area contributed by atoms with Crippen LogP contribution in [-0.2, 0) is 11.8 Å². The summed E-state index contributed by atoms with van der Waals surface area (Å²) in [6, 6.07) is 11.6. The summed E-state index contributed by atoms with van der Waals surface area (Å²) in [5.74, 6) is 1.21. The second kappa shape index (κ2) is 6.96. The Hall–Kier alpha value is -2.99. The van der Waals surface area contributed by atoms with Crippen LogP contribution in [0.25, 0.3) is 11.3 Å². The Morgan fingerprint density at radius 1 is 1.22 bits per heavy atom. The molecule has 1 aromatic carbocycles. The maximum atomic E-state index is 9.82. The maximum absolute atomic E-state index is 9.82. The smallest absolute Gasteiger partial charge is 0.227 e. The van der Waals surface area contributed by atoms with Gasteiger partial charge in [0.2, 0.25) is 5.95 Å². The number of ether oxygens (including phenoxy) is 1. The van der Waals surface area contributed by atoms with Gasteiger partial charge in [-0.3, -0.25) is 4.98 Å². The number of hydrogen-bond acceptors (Lipinski definition) is 6. The van der Waals surface area contributed by atoms with E-state index < -0.39 is 0 Å². The average Bonchev–Trinajstić information content (AvgIpc) is 3.05. The minimum absolute atomic E-state index is 0.121. The first-order valence-corrected chi connectivity index (χ1v) is 8.97. The van der Waals surface area contributed by atoms with Gasteiger partial charge >= 0.3 is 0 Å². The first kappa shape index (κ1) is 17.4. The van der Waals surface area contributed by atoms with Crippen molar-refractivity contribution in [3.05, 3.63) is 60.0 Å². The highest BCUT2D eigenvalue weighted by Crippen LogP contribution is 2.39. The Bertz CT molecular complexity index is 976. The van der Waals surface area contributed by atoms with Crippen LogP contribution in [0.3, 0.4) is 0 Å². The van der Waals surface area contributed by atoms with Gasteiger partial charge in [0.15, 0.2) is 0 Å². The van der Waals surface area contributed by atoms with E-state index in [-0.39, 0.29) is 12.0 Å². The molecule has 4 rings (SSSR count). The lowest BCUT2D eigenvalue weighted by molar-refractivity contribution is 0.206. The summed E-state index contributed by atoms with van der Waals surface area (Å²) in [7, 11) is 1.63. The summed E-state index contributed by atoms with van der Waals surface area (Å²) in [5, 5.41) is 13.0. The molecular formula is C21H22N4O2. The van der Waals surface area contributed by atoms with Crippen molar-refractivity contribution in [1.29, 1.82) is 0 Å². The summed E-state index contributed by atoms with van der Waals surface area (Å²) in [6.07, 6.45) is 5.38. The van der Waals surface area contributed by atoms with Crippen LogP contribution in [0.15, 0.2) is 48.8 Å². The molecule has 2 heterocycles. The van der Waals surface area contributed by atoms with E-state index in [9.17, 15) is 5.11 Å². The van der Waals surface area contributed by atoms with Gasteiger partial charge in [0.25, 0.3) is 0 Å². The van der Waals surface area contributed by atoms with Crippen LogP contribution in [0.5, 0.6) is 5.75 Å². The number of methoxy groups -OCH3 is 1. The number of nitrogens with one attached hydrogen (secondary N) is 1. The van der Waals surface area contributed by atoms with Crippen molar-refractivity contribution >= 4 is 11.6 Å². The molecule has 0 bridgehead atoms. The van der Waals surface area contributed by atoms with Gasteiger partial charge in [0, 0.05) is 29.1 Å². The fourth-order valence-electron chi connectivity index (χ4n) is 3.50. The zero-order chi connectivity index (χ0) is 18.9. The number of rotatable bonds is 5. The highest BCUT2D eigenvalue weighted by molar-refractivity contribution is 5.65. The third-order valence-corrected chi connectivity index (χ3v) is 5.19. The van der Waals surface area contributed by atoms with Crippen molar-refractivity contribution in [3.8, 4) is 17.0 Å². The minimum atomic E-state index is -0.232. The number of pyridine rings is 1. The van der Waals surface area contributed by atoms with Gasteiger partial charge in [-0.2, -0.15) is 0 Å². The highest BCUT2D eigenvalue weighted by Gasteiger charge is 2.34. The summed E-state index contributed by atoms with van der Waals surface area (Å²) in [4.78, 5) is 13.6. The molecule has 1 unspecified atom stereocenters. The molecule has 0 aliphatic heterocycles. The predicted molar refractivity (Wildman–Crippen MR) is 104 cm³/mol. The summed E-state index contributed by atoms with van der Waals surface area (Å²) in [6.45, 7) is 2.20. The topological polar surface area (TPSA) is 80.2 Å². The maximum Gasteiger partial charge on any atom is 0.227 e. The molecule has 0 spiro atoms. The van der Waals surface area contributed by atoms with E-state index >= 15 is 0 Å². The Balaban J connectivity index is 1.67. The lowest BCUT2D eigenvalue weighted by atomic mass is 9.85. The van der Waals surface area contributed by atoms with Crippen LogP contribution in [0.1, 0.15) is 24.6 Å². The number of hydrogen-bond donors (Lipinski definition) is 2. The van der Waals surface area contributed by atoms with Crippen molar-refractivity contribution in [2.24, 2.45) is 0 Å². The fraction of sp³-hybridized carbons (Fsp3) is 0.286. The van der Waals surface area contributed by atoms with Crippen molar-refractivity contribution in [1.82, 2.24) is 15.0 Å². The molecule has 1 aliphatic rings. The van der Waals surface area contributed by atoms with E-state index in [1.807, 2.05) is 36.5 Å². The van der Waals surface area contributed by atoms with Gasteiger partial charge in [-0.15, -0.1) is 0 Å². The second-order valence-corrected chi connectivity index (χ2v) is 7.03. The third-order valence-electron chi connectivity index (χ3n) is 5.19. The molecule has 0 fully saturated rings. The molecule has 0 radical (unpaired) electrons. The molecule has 1 atom stereocenters. The van der Waals surface area contributed by atoms with Crippen molar-refractivity contribution in [2.45, 2.75) is 25.2 Å². The molecule has 0 saturated heterocycles. The van der Waals surface area contributed by atoms with Gasteiger partial charge in [-0.1, -0.05) is 19.1 Å². The largest absolute Gasteiger partial charge is 0.495 e. The van der Waals surface area contributed by atoms with Crippen LogP contribution in [0, 0.1) is 0 Å². The number of para-hydroxylation sites is 2. The normalized spacial score (nSPS) is 18.2. The number of benzene rings is 1. The Morgan fingerprint density at radius 3 is 2.89 bits per heavy atom. The zero-order valence-electron chi connectivity index (χ0n) is 15.4. The first-order valence-electron chi connectivity index (χ1n) is 8.97. The van der Waals surface area contributed by atoms with Gasteiger partial charge < -0.3 is 15.2 Å². The predicted octanol–water partition coefficient (Wildman–Crippen LogP) is 3.49. The van der Waals surface area contributed by atoms with Crippen LogP contribution in [0.2, 0.25) is 0 Å². The molecule has 1 aliphatic carbocycles. The van der Waals surface area contributed by atoms with Gasteiger partial charge in [-0.05, 0) is 42.7 Å². The third kappa shape index (κ3) is 3.24. The minimum Gasteiger partial charge on any atom is -0.495 e. The molecule has 0 saturated carbocycles. The molecule has 27 heavy (non-hydrogen) atoms. The van der Waals surface area contributed by atoms with Crippen LogP contribution in [-0.4, -0.2) is 33.8 Å². The SMILES string of the molecule is COc1ccccc1Nc1nccc(-c2cnc3c(c2)C(C)(CO)CC3)n1. The Kier molecular flexibility index (Phi) is 4.49. The zero-order valence-corrected chi connectivity index (χ0v) is 15.4. The second-order valence-electron chi connectivity index (χ2n) is 7.03. The fourth-order valence-corrected chi connectivity index (χ4v) is 3.50. The molecule has 6 heteroatoms. The molecule has 138 valence electrons. The molecular weight excluding hydrogens is 340 g/mol. The molecule has 2 N–H and O–H groups in total. The van der Waals surface area contributed by atoms with Gasteiger partial charge in [0.1, 0.15) is 5.75 Å². The Labute approximate surface area is 158 Å². The quantitative estimate of drug-likeness (QED) is 0.723. The van der Waals surface area contributed by atoms with E-state index in [4.69, 9.17) is 4.74 Å². The lowest BCUT2D eigenvalue weighted by Crippen LogP contribution is -2.23. The van der Waals surface area contributed by atoms with Gasteiger partial charge in [-0.25, -0.2) is 9.97 Å². The summed E-state index contributed by atoms with van der Waals surface area (Å²) >= 11 is 0. The van der Waals surface area contributed by atoms with Crippen molar-refractivity contribution in [2.75, 3.05) is 19.0 Å². The molecule has 0 amide bonds. The lowest BCUT2D eigenvalue weighted by Gasteiger charge is -2.22. The van der Waals surface area contributed by atoms with E-state index in [0.29, 0.717) is 5.95 Å². The van der Waals surface area contributed by atoms with Crippen molar-refractivity contribution in [3.63, 3.8) is 0 Å². The van der Waals surface area contributed by atoms with Crippen LogP contribution < -0.4 is 10.1 Å². The van der Waals surface area contributed by atoms with Crippen LogP contribution in [0.4, 0.5) is 11.6 Å². The number of fused-ring (bicyclic) bond motifs is 1. The average molecular weight is 362 g/mol. The summed E-state index contributed by atoms with van der Waals surface area (Å²) in [5.41, 5.74) is 4.45.